The normalized spacial score (nSPS) is 18.3. The Morgan fingerprint density at radius 1 is 0.395 bits per heavy atom. The summed E-state index contributed by atoms with van der Waals surface area (Å²) in [5.74, 6) is 0. The molecule has 2 aromatic heterocycles. The van der Waals surface area contributed by atoms with E-state index in [2.05, 4.69) is 0 Å². The molecule has 0 saturated carbocycles. The van der Waals surface area contributed by atoms with E-state index in [0.29, 0.717) is 5.56 Å². The van der Waals surface area contributed by atoms with Gasteiger partial charge in [-0.2, -0.15) is 0 Å². The van der Waals surface area contributed by atoms with Crippen molar-refractivity contribution in [2.75, 3.05) is 0 Å². The lowest BCUT2D eigenvalue weighted by Crippen LogP contribution is -1.95. The molecule has 0 aliphatic carbocycles. The Labute approximate surface area is 245 Å². The van der Waals surface area contributed by atoms with Crippen molar-refractivity contribution in [3.8, 4) is 22.5 Å². The summed E-state index contributed by atoms with van der Waals surface area (Å²) in [6, 6.07) is -1.33. The van der Waals surface area contributed by atoms with Crippen molar-refractivity contribution in [3.63, 3.8) is 0 Å². The van der Waals surface area contributed by atoms with Crippen LogP contribution in [0.2, 0.25) is 0 Å². The Bertz CT molecular complexity index is 3010. The summed E-state index contributed by atoms with van der Waals surface area (Å²) in [7, 11) is 0. The van der Waals surface area contributed by atoms with Crippen LogP contribution in [0, 0.1) is 0 Å². The zero-order valence-electron chi connectivity index (χ0n) is 37.4. The van der Waals surface area contributed by atoms with Gasteiger partial charge in [0.2, 0.25) is 0 Å². The lowest BCUT2D eigenvalue weighted by Gasteiger charge is -2.11. The molecule has 0 amide bonds. The number of fused-ring (bicyclic) bond motifs is 6. The van der Waals surface area contributed by atoms with Gasteiger partial charge in [-0.1, -0.05) is 96.8 Å². The summed E-state index contributed by atoms with van der Waals surface area (Å²) in [5.41, 5.74) is -0.790. The van der Waals surface area contributed by atoms with Crippen LogP contribution in [0.5, 0.6) is 0 Å². The van der Waals surface area contributed by atoms with Gasteiger partial charge in [-0.05, 0) is 59.5 Å². The summed E-state index contributed by atoms with van der Waals surface area (Å²) in [6.45, 7) is 0. The Morgan fingerprint density at radius 3 is 1.50 bits per heavy atom. The first-order valence-corrected chi connectivity index (χ1v) is 11.6. The van der Waals surface area contributed by atoms with E-state index in [-0.39, 0.29) is 73.0 Å². The number of para-hydroxylation sites is 3. The molecule has 0 spiro atoms. The highest BCUT2D eigenvalue weighted by atomic mass is 15.0. The molecule has 0 aliphatic rings. The monoisotopic (exact) mass is 502 g/mol. The van der Waals surface area contributed by atoms with Crippen LogP contribution in [0.3, 0.4) is 0 Å². The highest BCUT2D eigenvalue weighted by molar-refractivity contribution is 6.12. The predicted molar refractivity (Wildman–Crippen MR) is 161 cm³/mol. The van der Waals surface area contributed by atoms with E-state index in [9.17, 15) is 4.11 Å². The summed E-state index contributed by atoms with van der Waals surface area (Å²) in [5, 5.41) is -1.07. The SMILES string of the molecule is [2H]c1cc([2H])c(-c2ccc(-n3c4c([2H])c([2H])c([2H])c([2H])c4c4c([2H])c(-n5c6c([2H])c([2H])c([2H])c([2H])c6c6c([2H])c([2H])c([2H])c([2H])c65)c([2H])c([2H])c43)cc2)c([2H])c1. The molecule has 6 aromatic carbocycles. The van der Waals surface area contributed by atoms with Crippen LogP contribution in [0.4, 0.5) is 0 Å². The molecule has 0 bridgehead atoms. The van der Waals surface area contributed by atoms with Gasteiger partial charge < -0.3 is 9.13 Å². The van der Waals surface area contributed by atoms with E-state index in [0.717, 1.165) is 4.57 Å². The van der Waals surface area contributed by atoms with E-state index in [1.807, 2.05) is 0 Å². The van der Waals surface area contributed by atoms with Crippen LogP contribution in [-0.4, -0.2) is 9.13 Å². The highest BCUT2D eigenvalue weighted by Crippen LogP contribution is 2.37. The number of rotatable bonds is 3. The second-order valence-corrected chi connectivity index (χ2v) is 8.45. The molecular formula is C36H24N2. The van der Waals surface area contributed by atoms with E-state index >= 15 is 0 Å². The van der Waals surface area contributed by atoms with Gasteiger partial charge in [-0.3, -0.25) is 0 Å². The number of nitrogens with zero attached hydrogens (tertiary/aromatic N) is 2. The molecule has 2 nitrogen and oxygen atoms in total. The van der Waals surface area contributed by atoms with E-state index in [1.165, 1.54) is 28.8 Å². The largest absolute Gasteiger partial charge is 0.309 e. The highest BCUT2D eigenvalue weighted by Gasteiger charge is 2.16. The zero-order valence-corrected chi connectivity index (χ0v) is 19.4. The van der Waals surface area contributed by atoms with Crippen molar-refractivity contribution in [2.24, 2.45) is 0 Å². The molecule has 0 fully saturated rings. The Hall–Kier alpha value is -5.08. The number of hydrogen-bond acceptors (Lipinski definition) is 0. The van der Waals surface area contributed by atoms with Crippen molar-refractivity contribution in [1.29, 1.82) is 0 Å². The molecule has 0 unspecified atom stereocenters. The fourth-order valence-electron chi connectivity index (χ4n) is 4.77. The fourth-order valence-corrected chi connectivity index (χ4v) is 4.77. The van der Waals surface area contributed by atoms with Crippen molar-refractivity contribution in [2.45, 2.75) is 0 Å². The lowest BCUT2D eigenvalue weighted by atomic mass is 10.1. The van der Waals surface area contributed by atoms with Gasteiger partial charge in [0.1, 0.15) is 0 Å². The number of benzene rings is 6. The topological polar surface area (TPSA) is 9.86 Å². The molecule has 38 heavy (non-hydrogen) atoms. The molecule has 2 heteroatoms. The quantitative estimate of drug-likeness (QED) is 0.228. The maximum absolute atomic E-state index is 9.67. The van der Waals surface area contributed by atoms with Gasteiger partial charge in [-0.25, -0.2) is 0 Å². The number of aromatic nitrogens is 2. The maximum Gasteiger partial charge on any atom is 0.0652 e. The van der Waals surface area contributed by atoms with Crippen molar-refractivity contribution in [1.82, 2.24) is 9.13 Å². The summed E-state index contributed by atoms with van der Waals surface area (Å²) < 4.78 is 159. The minimum atomic E-state index is -0.730. The Morgan fingerprint density at radius 2 is 0.895 bits per heavy atom. The Kier molecular flexibility index (Phi) is 2.16. The smallest absolute Gasteiger partial charge is 0.0652 e. The van der Waals surface area contributed by atoms with Crippen LogP contribution in [-0.2, 0) is 0 Å². The van der Waals surface area contributed by atoms with Crippen molar-refractivity contribution in [3.05, 3.63) is 145 Å². The molecule has 0 saturated heterocycles. The molecule has 178 valence electrons. The second kappa shape index (κ2) is 8.22. The fraction of sp³-hybridized carbons (Fsp3) is 0. The van der Waals surface area contributed by atoms with Gasteiger partial charge >= 0.3 is 0 Å². The first-order chi connectivity index (χ1) is 26.3. The van der Waals surface area contributed by atoms with Gasteiger partial charge in [0.15, 0.2) is 0 Å². The molecule has 0 radical (unpaired) electrons. The van der Waals surface area contributed by atoms with Crippen LogP contribution in [0.1, 0.15) is 24.7 Å². The molecule has 0 aliphatic heterocycles. The molecule has 8 aromatic rings. The summed E-state index contributed by atoms with van der Waals surface area (Å²) >= 11 is 0. The van der Waals surface area contributed by atoms with Crippen LogP contribution >= 0.6 is 0 Å². The predicted octanol–water partition coefficient (Wildman–Crippen LogP) is 9.55. The molecule has 8 rings (SSSR count). The standard InChI is InChI=1S/C36H24N2/c1-2-10-25(11-3-1)26-18-20-27(21-19-26)37-35-17-9-6-14-31(35)32-24-28(22-23-36(32)37)38-33-15-7-4-12-29(33)30-13-5-8-16-34(30)38/h1-24H/i1D,4D,5D,6D,7D,8D,9D,10D,11D,12D,13D,14D,15D,16D,17D,22D,23D,24D. The van der Waals surface area contributed by atoms with Crippen LogP contribution in [0.25, 0.3) is 66.1 Å². The average molecular weight is 503 g/mol. The first-order valence-electron chi connectivity index (χ1n) is 20.6. The number of hydrogen-bond donors (Lipinski definition) is 0. The van der Waals surface area contributed by atoms with Crippen molar-refractivity contribution >= 4 is 43.6 Å². The van der Waals surface area contributed by atoms with Gasteiger partial charge in [-0.15, -0.1) is 0 Å². The van der Waals surface area contributed by atoms with Gasteiger partial charge in [0.05, 0.1) is 46.7 Å². The van der Waals surface area contributed by atoms with E-state index in [1.54, 1.807) is 12.1 Å². The van der Waals surface area contributed by atoms with Gasteiger partial charge in [0.25, 0.3) is 0 Å². The molecular weight excluding hydrogens is 460 g/mol. The summed E-state index contributed by atoms with van der Waals surface area (Å²) in [4.78, 5) is 0. The average Bonchev–Trinajstić information content (AvgIpc) is 3.70. The van der Waals surface area contributed by atoms with E-state index in [4.69, 9.17) is 20.6 Å². The maximum atomic E-state index is 9.67. The van der Waals surface area contributed by atoms with Crippen LogP contribution < -0.4 is 0 Å². The molecule has 0 N–H and O–H groups in total. The first kappa shape index (κ1) is 10.00. The molecule has 2 heterocycles. The minimum absolute atomic E-state index is 0.0128. The third-order valence-corrected chi connectivity index (χ3v) is 6.41. The second-order valence-electron chi connectivity index (χ2n) is 8.45. The summed E-state index contributed by atoms with van der Waals surface area (Å²) in [6.07, 6.45) is 0. The van der Waals surface area contributed by atoms with Crippen molar-refractivity contribution < 1.29 is 24.7 Å². The third kappa shape index (κ3) is 3.07. The van der Waals surface area contributed by atoms with E-state index < -0.39 is 96.3 Å². The third-order valence-electron chi connectivity index (χ3n) is 6.41. The van der Waals surface area contributed by atoms with Crippen LogP contribution in [0.15, 0.2) is 145 Å². The minimum Gasteiger partial charge on any atom is -0.309 e. The Balaban J connectivity index is 1.57. The zero-order chi connectivity index (χ0) is 40.7. The van der Waals surface area contributed by atoms with Gasteiger partial charge in [0, 0.05) is 32.9 Å². The lowest BCUT2D eigenvalue weighted by molar-refractivity contribution is 1.17. The molecule has 0 atom stereocenters.